The maximum atomic E-state index is 13.2. The Labute approximate surface area is 188 Å². The molecule has 0 aromatic carbocycles. The predicted octanol–water partition coefficient (Wildman–Crippen LogP) is -0.673. The molecule has 4 atom stereocenters. The number of aliphatic carboxylic acids is 1. The van der Waals surface area contributed by atoms with Gasteiger partial charge in [0.05, 0.1) is 6.04 Å². The Kier molecular flexibility index (Phi) is 10.6. The zero-order valence-electron chi connectivity index (χ0n) is 19.3. The van der Waals surface area contributed by atoms with Gasteiger partial charge in [-0.25, -0.2) is 4.79 Å². The molecule has 1 aliphatic rings. The topological polar surface area (TPSA) is 185 Å². The van der Waals surface area contributed by atoms with Gasteiger partial charge in [0.15, 0.2) is 0 Å². The van der Waals surface area contributed by atoms with Crippen LogP contribution < -0.4 is 22.1 Å². The largest absolute Gasteiger partial charge is 0.480 e. The second-order valence-corrected chi connectivity index (χ2v) is 9.05. The first-order valence-electron chi connectivity index (χ1n) is 11.0. The molecule has 0 aromatic heterocycles. The third-order valence-corrected chi connectivity index (χ3v) is 5.48. The normalized spacial score (nSPS) is 18.8. The highest BCUT2D eigenvalue weighted by molar-refractivity contribution is 5.94. The lowest BCUT2D eigenvalue weighted by Crippen LogP contribution is -2.57. The van der Waals surface area contributed by atoms with Gasteiger partial charge in [0.1, 0.15) is 18.1 Å². The molecule has 4 amide bonds. The smallest absolute Gasteiger partial charge is 0.326 e. The van der Waals surface area contributed by atoms with Crippen molar-refractivity contribution in [3.05, 3.63) is 0 Å². The van der Waals surface area contributed by atoms with Crippen molar-refractivity contribution >= 4 is 29.6 Å². The Bertz CT molecular complexity index is 711. The average Bonchev–Trinajstić information content (AvgIpc) is 3.18. The van der Waals surface area contributed by atoms with Gasteiger partial charge in [-0.15, -0.1) is 0 Å². The van der Waals surface area contributed by atoms with E-state index >= 15 is 0 Å². The molecule has 1 aliphatic heterocycles. The summed E-state index contributed by atoms with van der Waals surface area (Å²) in [4.78, 5) is 62.6. The Morgan fingerprint density at radius 3 is 2.19 bits per heavy atom. The molecule has 7 N–H and O–H groups in total. The van der Waals surface area contributed by atoms with Gasteiger partial charge in [-0.2, -0.15) is 0 Å². The van der Waals surface area contributed by atoms with E-state index in [0.717, 1.165) is 0 Å². The molecule has 0 aliphatic carbocycles. The molecule has 0 bridgehead atoms. The molecule has 182 valence electrons. The van der Waals surface area contributed by atoms with E-state index in [4.69, 9.17) is 11.5 Å². The van der Waals surface area contributed by atoms with Crippen molar-refractivity contribution < 1.29 is 29.1 Å². The van der Waals surface area contributed by atoms with Gasteiger partial charge in [-0.3, -0.25) is 19.2 Å². The van der Waals surface area contributed by atoms with Crippen LogP contribution >= 0.6 is 0 Å². The summed E-state index contributed by atoms with van der Waals surface area (Å²) >= 11 is 0. The second-order valence-electron chi connectivity index (χ2n) is 9.05. The van der Waals surface area contributed by atoms with Crippen LogP contribution in [0.5, 0.6) is 0 Å². The minimum absolute atomic E-state index is 0.0271. The molecule has 0 radical (unpaired) electrons. The third kappa shape index (κ3) is 8.10. The third-order valence-electron chi connectivity index (χ3n) is 5.48. The highest BCUT2D eigenvalue weighted by Gasteiger charge is 2.39. The molecule has 1 rings (SSSR count). The van der Waals surface area contributed by atoms with Crippen molar-refractivity contribution in [2.45, 2.75) is 84.0 Å². The van der Waals surface area contributed by atoms with Crippen molar-refractivity contribution in [3.8, 4) is 0 Å². The first kappa shape index (κ1) is 27.3. The second kappa shape index (κ2) is 12.4. The zero-order valence-corrected chi connectivity index (χ0v) is 19.3. The van der Waals surface area contributed by atoms with Crippen LogP contribution in [0.2, 0.25) is 0 Å². The molecular weight excluding hydrogens is 418 g/mol. The van der Waals surface area contributed by atoms with Crippen LogP contribution in [0.25, 0.3) is 0 Å². The quantitative estimate of drug-likeness (QED) is 0.258. The molecule has 11 heteroatoms. The van der Waals surface area contributed by atoms with Crippen molar-refractivity contribution in [1.82, 2.24) is 15.5 Å². The summed E-state index contributed by atoms with van der Waals surface area (Å²) in [5.74, 6) is -3.49. The zero-order chi connectivity index (χ0) is 24.6. The number of hydrogen-bond acceptors (Lipinski definition) is 6. The maximum absolute atomic E-state index is 13.2. The van der Waals surface area contributed by atoms with Gasteiger partial charge in [0.25, 0.3) is 0 Å². The lowest BCUT2D eigenvalue weighted by Gasteiger charge is -2.30. The minimum atomic E-state index is -1.14. The van der Waals surface area contributed by atoms with E-state index in [1.54, 1.807) is 13.8 Å². The molecular formula is C21H37N5O6. The number of primary amides is 1. The Morgan fingerprint density at radius 2 is 1.69 bits per heavy atom. The fourth-order valence-electron chi connectivity index (χ4n) is 3.58. The number of nitrogens with one attached hydrogen (secondary N) is 2. The number of carbonyl (C=O) groups excluding carboxylic acids is 4. The number of hydrogen-bond donors (Lipinski definition) is 5. The Balaban J connectivity index is 2.98. The van der Waals surface area contributed by atoms with Crippen LogP contribution in [0.15, 0.2) is 0 Å². The fourth-order valence-corrected chi connectivity index (χ4v) is 3.58. The molecule has 32 heavy (non-hydrogen) atoms. The van der Waals surface area contributed by atoms with Gasteiger partial charge in [0, 0.05) is 13.0 Å². The number of carbonyl (C=O) groups is 5. The van der Waals surface area contributed by atoms with Gasteiger partial charge < -0.3 is 32.1 Å². The van der Waals surface area contributed by atoms with Crippen molar-refractivity contribution in [3.63, 3.8) is 0 Å². The van der Waals surface area contributed by atoms with E-state index < -0.39 is 53.8 Å². The Hall–Kier alpha value is -2.69. The molecule has 0 aromatic rings. The van der Waals surface area contributed by atoms with Crippen LogP contribution in [0.3, 0.4) is 0 Å². The first-order chi connectivity index (χ1) is 14.8. The summed E-state index contributed by atoms with van der Waals surface area (Å²) in [5.41, 5.74) is 11.1. The van der Waals surface area contributed by atoms with Crippen LogP contribution in [-0.2, 0) is 24.0 Å². The van der Waals surface area contributed by atoms with Gasteiger partial charge in [-0.05, 0) is 37.5 Å². The van der Waals surface area contributed by atoms with Crippen molar-refractivity contribution in [2.75, 3.05) is 6.54 Å². The molecule has 0 spiro atoms. The summed E-state index contributed by atoms with van der Waals surface area (Å²) < 4.78 is 0. The summed E-state index contributed by atoms with van der Waals surface area (Å²) in [6, 6.07) is -3.83. The van der Waals surface area contributed by atoms with E-state index in [0.29, 0.717) is 12.8 Å². The molecule has 4 unspecified atom stereocenters. The average molecular weight is 456 g/mol. The lowest BCUT2D eigenvalue weighted by atomic mass is 10.0. The minimum Gasteiger partial charge on any atom is -0.480 e. The number of carboxylic acids is 1. The van der Waals surface area contributed by atoms with E-state index in [-0.39, 0.29) is 37.6 Å². The van der Waals surface area contributed by atoms with E-state index in [1.807, 2.05) is 13.8 Å². The summed E-state index contributed by atoms with van der Waals surface area (Å²) in [5, 5.41) is 14.5. The van der Waals surface area contributed by atoms with Gasteiger partial charge >= 0.3 is 5.97 Å². The van der Waals surface area contributed by atoms with Gasteiger partial charge in [-0.1, -0.05) is 27.7 Å². The van der Waals surface area contributed by atoms with Crippen LogP contribution in [0.1, 0.15) is 59.8 Å². The van der Waals surface area contributed by atoms with Crippen molar-refractivity contribution in [2.24, 2.45) is 23.3 Å². The predicted molar refractivity (Wildman–Crippen MR) is 117 cm³/mol. The summed E-state index contributed by atoms with van der Waals surface area (Å²) in [7, 11) is 0. The van der Waals surface area contributed by atoms with E-state index in [2.05, 4.69) is 10.6 Å². The molecule has 1 fully saturated rings. The molecule has 1 saturated heterocycles. The van der Waals surface area contributed by atoms with E-state index in [1.165, 1.54) is 4.90 Å². The first-order valence-corrected chi connectivity index (χ1v) is 11.0. The summed E-state index contributed by atoms with van der Waals surface area (Å²) in [6.07, 6.45) is 1.02. The van der Waals surface area contributed by atoms with Gasteiger partial charge in [0.2, 0.25) is 23.6 Å². The Morgan fingerprint density at radius 1 is 1.06 bits per heavy atom. The van der Waals surface area contributed by atoms with Crippen molar-refractivity contribution in [1.29, 1.82) is 0 Å². The lowest BCUT2D eigenvalue weighted by molar-refractivity contribution is -0.145. The number of nitrogens with zero attached hydrogens (tertiary/aromatic N) is 1. The maximum Gasteiger partial charge on any atom is 0.326 e. The summed E-state index contributed by atoms with van der Waals surface area (Å²) in [6.45, 7) is 7.50. The molecule has 1 heterocycles. The molecule has 0 saturated carbocycles. The highest BCUT2D eigenvalue weighted by Crippen LogP contribution is 2.20. The number of carboxylic acid groups (broad SMARTS) is 1. The van der Waals surface area contributed by atoms with Crippen LogP contribution in [0.4, 0.5) is 0 Å². The number of rotatable bonds is 12. The monoisotopic (exact) mass is 455 g/mol. The SMILES string of the molecule is CC(C)CC(NC(=O)C1CCCN1C(=O)C(CCC(N)=O)NC(=O)C(N)C(C)C)C(=O)O. The van der Waals surface area contributed by atoms with Crippen LogP contribution in [-0.4, -0.2) is 70.3 Å². The molecule has 11 nitrogen and oxygen atoms in total. The number of likely N-dealkylation sites (tertiary alicyclic amines) is 1. The number of nitrogens with two attached hydrogens (primary N) is 2. The van der Waals surface area contributed by atoms with E-state index in [9.17, 15) is 29.1 Å². The number of amides is 4. The fraction of sp³-hybridized carbons (Fsp3) is 0.762. The highest BCUT2D eigenvalue weighted by atomic mass is 16.4. The van der Waals surface area contributed by atoms with Crippen LogP contribution in [0, 0.1) is 11.8 Å². The standard InChI is InChI=1S/C21H37N5O6/c1-11(2)10-14(21(31)32)25-18(28)15-6-5-9-26(15)20(30)13(7-8-16(22)27)24-19(29)17(23)12(3)4/h11-15,17H,5-10,23H2,1-4H3,(H2,22,27)(H,24,29)(H,25,28)(H,31,32).